The van der Waals surface area contributed by atoms with Gasteiger partial charge in [0.25, 0.3) is 0 Å². The highest BCUT2D eigenvalue weighted by Gasteiger charge is 2.29. The van der Waals surface area contributed by atoms with Gasteiger partial charge in [0.1, 0.15) is 18.5 Å². The molecule has 0 fully saturated rings. The van der Waals surface area contributed by atoms with E-state index in [0.717, 1.165) is 28.3 Å². The van der Waals surface area contributed by atoms with E-state index in [1.807, 2.05) is 48.5 Å². The molecule has 7 heteroatoms. The molecule has 31 heavy (non-hydrogen) atoms. The lowest BCUT2D eigenvalue weighted by molar-refractivity contribution is -0.139. The number of hydrogen-bond donors (Lipinski definition) is 2. The van der Waals surface area contributed by atoms with Crippen molar-refractivity contribution >= 4 is 23.7 Å². The summed E-state index contributed by atoms with van der Waals surface area (Å²) in [4.78, 5) is 23.9. The second kappa shape index (κ2) is 8.78. The summed E-state index contributed by atoms with van der Waals surface area (Å²) >= 11 is 5.66. The standard InChI is InChI=1S/C24H19ClFNO4/c25-20-10-9-14(11-21(20)26)12-22(23(28)29)27-24(30)31-13-19-17-7-3-1-5-15(17)16-6-2-4-8-18(16)19/h1-11,19,22H,12-13H2,(H,27,30)(H,28,29)/t22-/m1/s1. The first kappa shape index (κ1) is 20.9. The molecule has 0 bridgehead atoms. The zero-order valence-electron chi connectivity index (χ0n) is 16.3. The van der Waals surface area contributed by atoms with Gasteiger partial charge in [0, 0.05) is 12.3 Å². The van der Waals surface area contributed by atoms with Crippen LogP contribution in [0.15, 0.2) is 66.7 Å². The van der Waals surface area contributed by atoms with E-state index in [2.05, 4.69) is 5.32 Å². The molecule has 0 aliphatic heterocycles. The van der Waals surface area contributed by atoms with Crippen molar-refractivity contribution in [3.05, 3.63) is 94.3 Å². The number of benzene rings is 3. The number of rotatable bonds is 6. The van der Waals surface area contributed by atoms with Gasteiger partial charge in [-0.05, 0) is 39.9 Å². The summed E-state index contributed by atoms with van der Waals surface area (Å²) in [7, 11) is 0. The number of carboxylic acids is 1. The van der Waals surface area contributed by atoms with Gasteiger partial charge < -0.3 is 15.2 Å². The highest BCUT2D eigenvalue weighted by molar-refractivity contribution is 6.30. The Balaban J connectivity index is 1.43. The van der Waals surface area contributed by atoms with E-state index in [1.165, 1.54) is 12.1 Å². The van der Waals surface area contributed by atoms with Gasteiger partial charge in [-0.25, -0.2) is 14.0 Å². The molecule has 5 nitrogen and oxygen atoms in total. The second-order valence-corrected chi connectivity index (χ2v) is 7.72. The Morgan fingerprint density at radius 3 is 2.23 bits per heavy atom. The Morgan fingerprint density at radius 2 is 1.65 bits per heavy atom. The van der Waals surface area contributed by atoms with E-state index < -0.39 is 23.9 Å². The first-order valence-corrected chi connectivity index (χ1v) is 10.1. The Morgan fingerprint density at radius 1 is 1.03 bits per heavy atom. The fourth-order valence-electron chi connectivity index (χ4n) is 3.88. The highest BCUT2D eigenvalue weighted by Crippen LogP contribution is 2.44. The number of halogens is 2. The summed E-state index contributed by atoms with van der Waals surface area (Å²) in [6.07, 6.45) is -0.947. The minimum absolute atomic E-state index is 0.0554. The fourth-order valence-corrected chi connectivity index (χ4v) is 4.00. The van der Waals surface area contributed by atoms with E-state index in [1.54, 1.807) is 0 Å². The Labute approximate surface area is 183 Å². The van der Waals surface area contributed by atoms with Crippen molar-refractivity contribution in [3.8, 4) is 11.1 Å². The van der Waals surface area contributed by atoms with Crippen LogP contribution in [0.1, 0.15) is 22.6 Å². The summed E-state index contributed by atoms with van der Waals surface area (Å²) in [6, 6.07) is 18.6. The summed E-state index contributed by atoms with van der Waals surface area (Å²) < 4.78 is 19.0. The van der Waals surface area contributed by atoms with Crippen LogP contribution in [0.5, 0.6) is 0 Å². The first-order valence-electron chi connectivity index (χ1n) is 9.72. The molecule has 0 saturated carbocycles. The number of aliphatic carboxylic acids is 1. The smallest absolute Gasteiger partial charge is 0.407 e. The van der Waals surface area contributed by atoms with Crippen LogP contribution in [0.4, 0.5) is 9.18 Å². The second-order valence-electron chi connectivity index (χ2n) is 7.31. The summed E-state index contributed by atoms with van der Waals surface area (Å²) in [6.45, 7) is 0.0712. The van der Waals surface area contributed by atoms with Crippen LogP contribution in [-0.2, 0) is 16.0 Å². The van der Waals surface area contributed by atoms with Crippen molar-refractivity contribution in [3.63, 3.8) is 0 Å². The van der Waals surface area contributed by atoms with Gasteiger partial charge in [-0.15, -0.1) is 0 Å². The number of carbonyl (C=O) groups is 2. The van der Waals surface area contributed by atoms with Crippen LogP contribution in [-0.4, -0.2) is 29.8 Å². The van der Waals surface area contributed by atoms with Crippen molar-refractivity contribution in [2.45, 2.75) is 18.4 Å². The van der Waals surface area contributed by atoms with Crippen molar-refractivity contribution in [1.29, 1.82) is 0 Å². The molecule has 0 unspecified atom stereocenters. The van der Waals surface area contributed by atoms with Crippen LogP contribution in [0, 0.1) is 5.82 Å². The van der Waals surface area contributed by atoms with Crippen molar-refractivity contribution in [2.75, 3.05) is 6.61 Å². The van der Waals surface area contributed by atoms with Crippen LogP contribution in [0.25, 0.3) is 11.1 Å². The number of ether oxygens (including phenoxy) is 1. The Kier molecular flexibility index (Phi) is 5.91. The van der Waals surface area contributed by atoms with Crippen LogP contribution in [0.3, 0.4) is 0 Å². The lowest BCUT2D eigenvalue weighted by Gasteiger charge is -2.17. The maximum Gasteiger partial charge on any atom is 0.407 e. The molecule has 1 aliphatic rings. The molecule has 2 N–H and O–H groups in total. The number of amides is 1. The predicted molar refractivity (Wildman–Crippen MR) is 115 cm³/mol. The van der Waals surface area contributed by atoms with Crippen LogP contribution in [0.2, 0.25) is 5.02 Å². The minimum Gasteiger partial charge on any atom is -0.480 e. The molecular weight excluding hydrogens is 421 g/mol. The number of carbonyl (C=O) groups excluding carboxylic acids is 1. The van der Waals surface area contributed by atoms with Crippen molar-refractivity contribution < 1.29 is 23.8 Å². The molecular formula is C24H19ClFNO4. The van der Waals surface area contributed by atoms with E-state index in [9.17, 15) is 19.1 Å². The first-order chi connectivity index (χ1) is 14.9. The molecule has 0 aromatic heterocycles. The quantitative estimate of drug-likeness (QED) is 0.566. The van der Waals surface area contributed by atoms with Crippen LogP contribution >= 0.6 is 11.6 Å². The fraction of sp³-hybridized carbons (Fsp3) is 0.167. The number of fused-ring (bicyclic) bond motifs is 3. The zero-order chi connectivity index (χ0) is 22.0. The molecule has 3 aromatic rings. The summed E-state index contributed by atoms with van der Waals surface area (Å²) in [5, 5.41) is 11.8. The van der Waals surface area contributed by atoms with E-state index in [4.69, 9.17) is 16.3 Å². The molecule has 3 aromatic carbocycles. The number of nitrogens with one attached hydrogen (secondary N) is 1. The third-order valence-corrected chi connectivity index (χ3v) is 5.66. The third-order valence-electron chi connectivity index (χ3n) is 5.36. The normalized spacial score (nSPS) is 13.2. The average molecular weight is 440 g/mol. The summed E-state index contributed by atoms with van der Waals surface area (Å²) in [5.41, 5.74) is 4.71. The van der Waals surface area contributed by atoms with E-state index >= 15 is 0 Å². The predicted octanol–water partition coefficient (Wildman–Crippen LogP) is 5.01. The van der Waals surface area contributed by atoms with E-state index in [-0.39, 0.29) is 24.0 Å². The number of alkyl carbamates (subject to hydrolysis) is 1. The van der Waals surface area contributed by atoms with Gasteiger partial charge in [-0.3, -0.25) is 0 Å². The molecule has 1 aliphatic carbocycles. The molecule has 0 spiro atoms. The lowest BCUT2D eigenvalue weighted by atomic mass is 9.98. The molecule has 0 heterocycles. The van der Waals surface area contributed by atoms with E-state index in [0.29, 0.717) is 5.56 Å². The Bertz CT molecular complexity index is 1100. The van der Waals surface area contributed by atoms with Gasteiger partial charge >= 0.3 is 12.1 Å². The maximum atomic E-state index is 13.6. The van der Waals surface area contributed by atoms with Crippen molar-refractivity contribution in [1.82, 2.24) is 5.32 Å². The molecule has 158 valence electrons. The third kappa shape index (κ3) is 4.39. The number of hydrogen-bond acceptors (Lipinski definition) is 3. The minimum atomic E-state index is -1.27. The molecule has 0 saturated heterocycles. The van der Waals surface area contributed by atoms with Gasteiger partial charge in [0.05, 0.1) is 5.02 Å². The SMILES string of the molecule is O=C(N[C@H](Cc1ccc(Cl)c(F)c1)C(=O)O)OCC1c2ccccc2-c2ccccc21. The maximum absolute atomic E-state index is 13.6. The van der Waals surface area contributed by atoms with Crippen LogP contribution < -0.4 is 5.32 Å². The summed E-state index contributed by atoms with van der Waals surface area (Å²) in [5.74, 6) is -2.03. The lowest BCUT2D eigenvalue weighted by Crippen LogP contribution is -2.42. The molecule has 4 rings (SSSR count). The highest BCUT2D eigenvalue weighted by atomic mass is 35.5. The Hall–Kier alpha value is -3.38. The number of carboxylic acid groups (broad SMARTS) is 1. The largest absolute Gasteiger partial charge is 0.480 e. The monoisotopic (exact) mass is 439 g/mol. The van der Waals surface area contributed by atoms with Gasteiger partial charge in [-0.1, -0.05) is 66.2 Å². The zero-order valence-corrected chi connectivity index (χ0v) is 17.1. The van der Waals surface area contributed by atoms with Gasteiger partial charge in [0.15, 0.2) is 0 Å². The molecule has 1 amide bonds. The van der Waals surface area contributed by atoms with Crippen molar-refractivity contribution in [2.24, 2.45) is 0 Å². The van der Waals surface area contributed by atoms with Gasteiger partial charge in [-0.2, -0.15) is 0 Å². The topological polar surface area (TPSA) is 75.6 Å². The average Bonchev–Trinajstić information content (AvgIpc) is 3.08. The van der Waals surface area contributed by atoms with Gasteiger partial charge in [0.2, 0.25) is 0 Å². The molecule has 1 atom stereocenters. The molecule has 0 radical (unpaired) electrons.